The number of carboxylic acid groups (broad SMARTS) is 1. The second-order valence-electron chi connectivity index (χ2n) is 9.43. The topological polar surface area (TPSA) is 122 Å². The van der Waals surface area contributed by atoms with Gasteiger partial charge in [0.1, 0.15) is 17.6 Å². The van der Waals surface area contributed by atoms with Gasteiger partial charge in [0.25, 0.3) is 5.69 Å². The first-order valence-corrected chi connectivity index (χ1v) is 14.1. The van der Waals surface area contributed by atoms with Gasteiger partial charge in [-0.3, -0.25) is 15.1 Å². The predicted molar refractivity (Wildman–Crippen MR) is 163 cm³/mol. The highest BCUT2D eigenvalue weighted by atomic mass is 32.2. The van der Waals surface area contributed by atoms with Crippen LogP contribution in [0.5, 0.6) is 0 Å². The van der Waals surface area contributed by atoms with Crippen molar-refractivity contribution in [3.63, 3.8) is 0 Å². The lowest BCUT2D eigenvalue weighted by Gasteiger charge is -2.26. The molecule has 0 bridgehead atoms. The van der Waals surface area contributed by atoms with Crippen LogP contribution >= 0.6 is 24.0 Å². The Hall–Kier alpha value is -5.00. The minimum atomic E-state index is -0.988. The fourth-order valence-corrected chi connectivity index (χ4v) is 5.98. The molecule has 2 aromatic heterocycles. The average molecular weight is 595 g/mol. The summed E-state index contributed by atoms with van der Waals surface area (Å²) in [5.41, 5.74) is 2.67. The lowest BCUT2D eigenvalue weighted by atomic mass is 10.0. The van der Waals surface area contributed by atoms with Crippen molar-refractivity contribution < 1.29 is 19.2 Å². The molecule has 3 aromatic carbocycles. The van der Waals surface area contributed by atoms with Crippen LogP contribution < -0.4 is 10.2 Å². The number of nitro benzene ring substituents is 1. The number of non-ortho nitro benzene ring substituents is 1. The minimum Gasteiger partial charge on any atom is -0.478 e. The van der Waals surface area contributed by atoms with Gasteiger partial charge in [0.2, 0.25) is 0 Å². The van der Waals surface area contributed by atoms with Crippen LogP contribution in [0.25, 0.3) is 11.3 Å². The number of aromatic carboxylic acids is 1. The molecular weight excluding hydrogens is 572 g/mol. The highest BCUT2D eigenvalue weighted by Gasteiger charge is 2.42. The third-order valence-electron chi connectivity index (χ3n) is 6.83. The Morgan fingerprint density at radius 3 is 2.26 bits per heavy atom. The molecular formula is C31H22N4O5S2. The first-order valence-electron chi connectivity index (χ1n) is 12.8. The van der Waals surface area contributed by atoms with Gasteiger partial charge in [-0.25, -0.2) is 4.79 Å². The van der Waals surface area contributed by atoms with Crippen molar-refractivity contribution in [3.8, 4) is 11.3 Å². The largest absolute Gasteiger partial charge is 0.478 e. The third kappa shape index (κ3) is 5.47. The van der Waals surface area contributed by atoms with Crippen LogP contribution in [-0.4, -0.2) is 26.1 Å². The van der Waals surface area contributed by atoms with Gasteiger partial charge in [-0.15, -0.1) is 0 Å². The number of rotatable bonds is 8. The number of nitrogens with zero attached hydrogens (tertiary/aromatic N) is 3. The van der Waals surface area contributed by atoms with E-state index in [0.717, 1.165) is 26.7 Å². The first kappa shape index (κ1) is 27.2. The summed E-state index contributed by atoms with van der Waals surface area (Å²) in [6, 6.07) is 29.7. The lowest BCUT2D eigenvalue weighted by Crippen LogP contribution is -2.29. The number of hydrogen-bond donors (Lipinski definition) is 2. The maximum absolute atomic E-state index is 11.3. The SMILES string of the molecule is O=C(O)c1ccc(-c2ccc(C3C(c4ccccn4)NC(=S)N3c3ccc(Sc4ccc([N+](=O)[O-])cc4)cc3)o2)cc1. The smallest absolute Gasteiger partial charge is 0.335 e. The molecule has 3 heterocycles. The molecule has 42 heavy (non-hydrogen) atoms. The summed E-state index contributed by atoms with van der Waals surface area (Å²) in [4.78, 5) is 30.2. The van der Waals surface area contributed by atoms with Crippen LogP contribution in [0.15, 0.2) is 124 Å². The summed E-state index contributed by atoms with van der Waals surface area (Å²) in [6.07, 6.45) is 1.74. The summed E-state index contributed by atoms with van der Waals surface area (Å²) >= 11 is 7.32. The molecule has 2 unspecified atom stereocenters. The Kier molecular flexibility index (Phi) is 7.43. The Morgan fingerprint density at radius 1 is 0.952 bits per heavy atom. The number of aromatic nitrogens is 1. The Bertz CT molecular complexity index is 1760. The number of benzene rings is 3. The van der Waals surface area contributed by atoms with Crippen molar-refractivity contribution in [2.24, 2.45) is 0 Å². The molecule has 0 amide bonds. The van der Waals surface area contributed by atoms with Gasteiger partial charge in [0.15, 0.2) is 5.11 Å². The Morgan fingerprint density at radius 2 is 1.64 bits per heavy atom. The second-order valence-corrected chi connectivity index (χ2v) is 11.0. The fourth-order valence-electron chi connectivity index (χ4n) is 4.81. The van der Waals surface area contributed by atoms with Crippen LogP contribution in [0.1, 0.15) is 33.9 Å². The highest BCUT2D eigenvalue weighted by molar-refractivity contribution is 7.99. The number of nitrogens with one attached hydrogen (secondary N) is 1. The normalized spacial score (nSPS) is 16.3. The van der Waals surface area contributed by atoms with Gasteiger partial charge in [0.05, 0.1) is 22.2 Å². The number of nitro groups is 1. The standard InChI is InChI=1S/C31H22N4O5S2/c36-30(37)20-6-4-19(5-7-20)26-16-17-27(40-26)29-28(25-3-1-2-18-32-25)33-31(41)34(29)21-8-12-23(13-9-21)42-24-14-10-22(11-15-24)35(38)39/h1-18,28-29H,(H,33,41)(H,36,37). The van der Waals surface area contributed by atoms with Crippen molar-refractivity contribution >= 4 is 46.4 Å². The summed E-state index contributed by atoms with van der Waals surface area (Å²) < 4.78 is 6.37. The molecule has 2 atom stereocenters. The molecule has 0 radical (unpaired) electrons. The van der Waals surface area contributed by atoms with E-state index >= 15 is 0 Å². The molecule has 208 valence electrons. The van der Waals surface area contributed by atoms with E-state index in [-0.39, 0.29) is 23.3 Å². The second kappa shape index (κ2) is 11.5. The molecule has 5 aromatic rings. The molecule has 0 saturated carbocycles. The number of carboxylic acids is 1. The van der Waals surface area contributed by atoms with E-state index in [4.69, 9.17) is 16.6 Å². The molecule has 0 spiro atoms. The van der Waals surface area contributed by atoms with Crippen molar-refractivity contribution in [1.29, 1.82) is 0 Å². The van der Waals surface area contributed by atoms with Gasteiger partial charge in [-0.2, -0.15) is 0 Å². The number of pyridine rings is 1. The van der Waals surface area contributed by atoms with Crippen LogP contribution in [-0.2, 0) is 0 Å². The number of carbonyl (C=O) groups is 1. The zero-order valence-corrected chi connectivity index (χ0v) is 23.4. The number of anilines is 1. The minimum absolute atomic E-state index is 0.0524. The number of furan rings is 1. The van der Waals surface area contributed by atoms with E-state index in [2.05, 4.69) is 10.3 Å². The molecule has 6 rings (SSSR count). The van der Waals surface area contributed by atoms with Gasteiger partial charge in [0, 0.05) is 39.4 Å². The van der Waals surface area contributed by atoms with Crippen LogP contribution in [0.3, 0.4) is 0 Å². The summed E-state index contributed by atoms with van der Waals surface area (Å²) in [7, 11) is 0. The molecule has 1 aliphatic heterocycles. The quantitative estimate of drug-likeness (QED) is 0.108. The van der Waals surface area contributed by atoms with Crippen LogP contribution in [0.4, 0.5) is 11.4 Å². The first-order chi connectivity index (χ1) is 20.4. The van der Waals surface area contributed by atoms with Crippen molar-refractivity contribution in [1.82, 2.24) is 10.3 Å². The highest BCUT2D eigenvalue weighted by Crippen LogP contribution is 2.43. The summed E-state index contributed by atoms with van der Waals surface area (Å²) in [6.45, 7) is 0. The number of hydrogen-bond acceptors (Lipinski definition) is 7. The van der Waals surface area contributed by atoms with Gasteiger partial charge >= 0.3 is 5.97 Å². The zero-order chi connectivity index (χ0) is 29.2. The zero-order valence-electron chi connectivity index (χ0n) is 21.8. The molecule has 2 N–H and O–H groups in total. The Labute approximate surface area is 250 Å². The van der Waals surface area contributed by atoms with E-state index in [1.54, 1.807) is 42.6 Å². The molecule has 9 nitrogen and oxygen atoms in total. The van der Waals surface area contributed by atoms with Crippen LogP contribution in [0.2, 0.25) is 0 Å². The van der Waals surface area contributed by atoms with Crippen LogP contribution in [0, 0.1) is 10.1 Å². The van der Waals surface area contributed by atoms with Gasteiger partial charge in [-0.05, 0) is 85.0 Å². The average Bonchev–Trinajstić information content (AvgIpc) is 3.63. The number of thiocarbonyl (C=S) groups is 1. The molecule has 1 aliphatic rings. The molecule has 0 aliphatic carbocycles. The van der Waals surface area contributed by atoms with Gasteiger partial charge in [-0.1, -0.05) is 30.0 Å². The van der Waals surface area contributed by atoms with E-state index < -0.39 is 10.9 Å². The van der Waals surface area contributed by atoms with E-state index in [1.807, 2.05) is 59.5 Å². The van der Waals surface area contributed by atoms with E-state index in [0.29, 0.717) is 16.6 Å². The maximum Gasteiger partial charge on any atom is 0.335 e. The van der Waals surface area contributed by atoms with Crippen molar-refractivity contribution in [2.45, 2.75) is 21.9 Å². The van der Waals surface area contributed by atoms with E-state index in [1.165, 1.54) is 23.9 Å². The van der Waals surface area contributed by atoms with Gasteiger partial charge < -0.3 is 19.7 Å². The molecule has 11 heteroatoms. The maximum atomic E-state index is 11.3. The predicted octanol–water partition coefficient (Wildman–Crippen LogP) is 7.28. The third-order valence-corrected chi connectivity index (χ3v) is 8.16. The lowest BCUT2D eigenvalue weighted by molar-refractivity contribution is -0.384. The van der Waals surface area contributed by atoms with Crippen molar-refractivity contribution in [3.05, 3.63) is 136 Å². The monoisotopic (exact) mass is 594 g/mol. The summed E-state index contributed by atoms with van der Waals surface area (Å²) in [5, 5.41) is 24.1. The molecule has 1 fully saturated rings. The summed E-state index contributed by atoms with van der Waals surface area (Å²) in [5.74, 6) is 0.284. The van der Waals surface area contributed by atoms with E-state index in [9.17, 15) is 20.0 Å². The molecule has 1 saturated heterocycles. The van der Waals surface area contributed by atoms with Crippen molar-refractivity contribution in [2.75, 3.05) is 4.90 Å². The Balaban J connectivity index is 1.31. The fraction of sp³-hybridized carbons (Fsp3) is 0.0645.